The zero-order chi connectivity index (χ0) is 14.7. The molecule has 0 radical (unpaired) electrons. The number of carbonyl (C=O) groups is 1. The summed E-state index contributed by atoms with van der Waals surface area (Å²) >= 11 is 0. The van der Waals surface area contributed by atoms with E-state index in [2.05, 4.69) is 5.16 Å². The third kappa shape index (κ3) is 2.74. The third-order valence-corrected chi connectivity index (χ3v) is 2.95. The van der Waals surface area contributed by atoms with Crippen molar-refractivity contribution in [2.45, 2.75) is 20.5 Å². The lowest BCUT2D eigenvalue weighted by molar-refractivity contribution is 0.0467. The molecule has 0 unspecified atom stereocenters. The maximum atomic E-state index is 11.9. The fourth-order valence-corrected chi connectivity index (χ4v) is 1.73. The van der Waals surface area contributed by atoms with E-state index in [1.165, 1.54) is 19.2 Å². The van der Waals surface area contributed by atoms with Crippen LogP contribution in [0, 0.1) is 13.8 Å². The van der Waals surface area contributed by atoms with Crippen molar-refractivity contribution in [1.29, 1.82) is 0 Å². The molecule has 0 spiro atoms. The lowest BCUT2D eigenvalue weighted by Crippen LogP contribution is -2.06. The highest BCUT2D eigenvalue weighted by Crippen LogP contribution is 2.24. The molecule has 6 heteroatoms. The molecule has 0 bridgehead atoms. The molecule has 0 aliphatic heterocycles. The molecule has 20 heavy (non-hydrogen) atoms. The van der Waals surface area contributed by atoms with Gasteiger partial charge < -0.3 is 19.1 Å². The number of esters is 1. The number of phenols is 1. The van der Waals surface area contributed by atoms with Gasteiger partial charge in [-0.2, -0.15) is 0 Å². The Hall–Kier alpha value is -2.50. The number of aromatic nitrogens is 1. The minimum absolute atomic E-state index is 0.0471. The number of phenolic OH excluding ortho intramolecular Hbond substituents is 1. The SMILES string of the molecule is COc1ccc(C(=O)OCc2c(C)noc2C)c(O)c1. The van der Waals surface area contributed by atoms with Crippen LogP contribution in [0.4, 0.5) is 0 Å². The number of benzene rings is 1. The fraction of sp³-hybridized carbons (Fsp3) is 0.286. The molecule has 1 aromatic carbocycles. The van der Waals surface area contributed by atoms with Gasteiger partial charge in [0.2, 0.25) is 0 Å². The van der Waals surface area contributed by atoms with Crippen molar-refractivity contribution in [2.24, 2.45) is 0 Å². The average Bonchev–Trinajstić information content (AvgIpc) is 2.75. The summed E-state index contributed by atoms with van der Waals surface area (Å²) in [6, 6.07) is 4.38. The van der Waals surface area contributed by atoms with Gasteiger partial charge in [0.15, 0.2) is 0 Å². The lowest BCUT2D eigenvalue weighted by atomic mass is 10.2. The summed E-state index contributed by atoms with van der Waals surface area (Å²) in [5.41, 5.74) is 1.48. The first-order valence-corrected chi connectivity index (χ1v) is 5.98. The van der Waals surface area contributed by atoms with Crippen molar-refractivity contribution >= 4 is 5.97 Å². The Bertz CT molecular complexity index is 613. The molecular formula is C14H15NO5. The monoisotopic (exact) mass is 277 g/mol. The zero-order valence-corrected chi connectivity index (χ0v) is 11.5. The highest BCUT2D eigenvalue weighted by molar-refractivity contribution is 5.92. The summed E-state index contributed by atoms with van der Waals surface area (Å²) in [6.07, 6.45) is 0. The second-order valence-corrected chi connectivity index (χ2v) is 4.26. The summed E-state index contributed by atoms with van der Waals surface area (Å²) in [7, 11) is 1.48. The molecule has 2 rings (SSSR count). The molecule has 0 fully saturated rings. The van der Waals surface area contributed by atoms with Crippen LogP contribution < -0.4 is 4.74 Å². The van der Waals surface area contributed by atoms with Gasteiger partial charge in [-0.25, -0.2) is 4.79 Å². The molecule has 0 saturated carbocycles. The number of ether oxygens (including phenoxy) is 2. The first-order valence-electron chi connectivity index (χ1n) is 5.98. The number of nitrogens with zero attached hydrogens (tertiary/aromatic N) is 1. The van der Waals surface area contributed by atoms with Crippen molar-refractivity contribution < 1.29 is 23.9 Å². The lowest BCUT2D eigenvalue weighted by Gasteiger charge is -2.07. The summed E-state index contributed by atoms with van der Waals surface area (Å²) in [6.45, 7) is 3.56. The summed E-state index contributed by atoms with van der Waals surface area (Å²) in [4.78, 5) is 11.9. The Labute approximate surface area is 115 Å². The van der Waals surface area contributed by atoms with Gasteiger partial charge in [-0.05, 0) is 26.0 Å². The maximum Gasteiger partial charge on any atom is 0.342 e. The van der Waals surface area contributed by atoms with E-state index in [4.69, 9.17) is 14.0 Å². The molecular weight excluding hydrogens is 262 g/mol. The molecule has 1 heterocycles. The summed E-state index contributed by atoms with van der Waals surface area (Å²) in [5, 5.41) is 13.5. The van der Waals surface area contributed by atoms with Gasteiger partial charge in [0.1, 0.15) is 29.4 Å². The Kier molecular flexibility index (Phi) is 3.93. The highest BCUT2D eigenvalue weighted by Gasteiger charge is 2.16. The van der Waals surface area contributed by atoms with E-state index in [0.29, 0.717) is 17.2 Å². The Morgan fingerprint density at radius 1 is 1.40 bits per heavy atom. The van der Waals surface area contributed by atoms with E-state index in [-0.39, 0.29) is 17.9 Å². The molecule has 1 N–H and O–H groups in total. The molecule has 0 aliphatic carbocycles. The van der Waals surface area contributed by atoms with Crippen molar-refractivity contribution in [2.75, 3.05) is 7.11 Å². The second-order valence-electron chi connectivity index (χ2n) is 4.26. The van der Waals surface area contributed by atoms with E-state index in [1.54, 1.807) is 19.9 Å². The standard InChI is InChI=1S/C14H15NO5/c1-8-12(9(2)20-15-8)7-19-14(17)11-5-4-10(18-3)6-13(11)16/h4-6,16H,7H2,1-3H3. The van der Waals surface area contributed by atoms with Gasteiger partial charge in [0, 0.05) is 6.07 Å². The molecule has 0 aliphatic rings. The Morgan fingerprint density at radius 2 is 2.15 bits per heavy atom. The smallest absolute Gasteiger partial charge is 0.342 e. The summed E-state index contributed by atoms with van der Waals surface area (Å²) in [5.74, 6) is 0.261. The number of carbonyl (C=O) groups excluding carboxylic acids is 1. The highest BCUT2D eigenvalue weighted by atomic mass is 16.5. The van der Waals surface area contributed by atoms with Crippen LogP contribution in [0.15, 0.2) is 22.7 Å². The molecule has 0 atom stereocenters. The maximum absolute atomic E-state index is 11.9. The minimum Gasteiger partial charge on any atom is -0.507 e. The van der Waals surface area contributed by atoms with Gasteiger partial charge in [-0.3, -0.25) is 0 Å². The van der Waals surface area contributed by atoms with Gasteiger partial charge >= 0.3 is 5.97 Å². The first-order chi connectivity index (χ1) is 9.52. The van der Waals surface area contributed by atoms with Crippen molar-refractivity contribution in [3.05, 3.63) is 40.8 Å². The first kappa shape index (κ1) is 13.9. The molecule has 2 aromatic rings. The van der Waals surface area contributed by atoms with E-state index >= 15 is 0 Å². The van der Waals surface area contributed by atoms with Crippen LogP contribution in [0.25, 0.3) is 0 Å². The number of rotatable bonds is 4. The van der Waals surface area contributed by atoms with Gasteiger partial charge in [0.25, 0.3) is 0 Å². The Balaban J connectivity index is 2.09. The molecule has 0 saturated heterocycles. The van der Waals surface area contributed by atoms with Crippen LogP contribution in [0.2, 0.25) is 0 Å². The van der Waals surface area contributed by atoms with E-state index in [1.807, 2.05) is 0 Å². The number of hydrogen-bond acceptors (Lipinski definition) is 6. The third-order valence-electron chi connectivity index (χ3n) is 2.95. The van der Waals surface area contributed by atoms with Crippen LogP contribution >= 0.6 is 0 Å². The van der Waals surface area contributed by atoms with Crippen LogP contribution in [0.5, 0.6) is 11.5 Å². The van der Waals surface area contributed by atoms with Crippen molar-refractivity contribution in [3.8, 4) is 11.5 Å². The number of methoxy groups -OCH3 is 1. The minimum atomic E-state index is -0.620. The van der Waals surface area contributed by atoms with E-state index < -0.39 is 5.97 Å². The van der Waals surface area contributed by atoms with Gasteiger partial charge in [-0.15, -0.1) is 0 Å². The summed E-state index contributed by atoms with van der Waals surface area (Å²) < 4.78 is 15.1. The predicted octanol–water partition coefficient (Wildman–Crippen LogP) is 2.36. The molecule has 0 amide bonds. The zero-order valence-electron chi connectivity index (χ0n) is 11.5. The van der Waals surface area contributed by atoms with E-state index in [9.17, 15) is 9.90 Å². The van der Waals surface area contributed by atoms with Crippen LogP contribution in [0.3, 0.4) is 0 Å². The predicted molar refractivity (Wildman–Crippen MR) is 69.8 cm³/mol. The number of hydrogen-bond donors (Lipinski definition) is 1. The topological polar surface area (TPSA) is 81.8 Å². The number of aryl methyl sites for hydroxylation is 2. The average molecular weight is 277 g/mol. The van der Waals surface area contributed by atoms with Gasteiger partial charge in [-0.1, -0.05) is 5.16 Å². The largest absolute Gasteiger partial charge is 0.507 e. The van der Waals surface area contributed by atoms with E-state index in [0.717, 1.165) is 5.56 Å². The molecule has 1 aromatic heterocycles. The molecule has 6 nitrogen and oxygen atoms in total. The fourth-order valence-electron chi connectivity index (χ4n) is 1.73. The van der Waals surface area contributed by atoms with Crippen LogP contribution in [-0.2, 0) is 11.3 Å². The molecule has 106 valence electrons. The normalized spacial score (nSPS) is 10.3. The van der Waals surface area contributed by atoms with Crippen molar-refractivity contribution in [3.63, 3.8) is 0 Å². The Morgan fingerprint density at radius 3 is 2.70 bits per heavy atom. The second kappa shape index (κ2) is 5.64. The quantitative estimate of drug-likeness (QED) is 0.864. The van der Waals surface area contributed by atoms with Crippen LogP contribution in [0.1, 0.15) is 27.4 Å². The van der Waals surface area contributed by atoms with Crippen LogP contribution in [-0.4, -0.2) is 23.3 Å². The van der Waals surface area contributed by atoms with Gasteiger partial charge in [0.05, 0.1) is 18.4 Å². The van der Waals surface area contributed by atoms with Crippen molar-refractivity contribution in [1.82, 2.24) is 5.16 Å². The number of aromatic hydroxyl groups is 1.